The second-order valence-electron chi connectivity index (χ2n) is 7.43. The van der Waals surface area contributed by atoms with Crippen LogP contribution < -0.4 is 10.1 Å². The maximum absolute atomic E-state index is 11.8. The third kappa shape index (κ3) is 4.53. The third-order valence-corrected chi connectivity index (χ3v) is 4.88. The zero-order valence-electron chi connectivity index (χ0n) is 17.2. The van der Waals surface area contributed by atoms with Gasteiger partial charge in [-0.2, -0.15) is 0 Å². The number of benzene rings is 2. The van der Waals surface area contributed by atoms with Gasteiger partial charge in [-0.15, -0.1) is 0 Å². The molecule has 28 heavy (non-hydrogen) atoms. The van der Waals surface area contributed by atoms with E-state index in [9.17, 15) is 4.79 Å². The van der Waals surface area contributed by atoms with E-state index in [0.717, 1.165) is 33.7 Å². The number of amides is 1. The van der Waals surface area contributed by atoms with Crippen molar-refractivity contribution in [3.8, 4) is 5.75 Å². The summed E-state index contributed by atoms with van der Waals surface area (Å²) >= 11 is 0. The first kappa shape index (κ1) is 19.9. The number of rotatable bonds is 8. The van der Waals surface area contributed by atoms with Crippen LogP contribution in [0.25, 0.3) is 11.0 Å². The molecule has 1 N–H and O–H groups in total. The number of aromatic nitrogens is 2. The summed E-state index contributed by atoms with van der Waals surface area (Å²) in [5, 5.41) is 2.98. The summed E-state index contributed by atoms with van der Waals surface area (Å²) in [5.74, 6) is 1.98. The average Bonchev–Trinajstić information content (AvgIpc) is 3.01. The molecule has 0 spiro atoms. The Morgan fingerprint density at radius 3 is 2.54 bits per heavy atom. The minimum absolute atomic E-state index is 0.00966. The number of nitrogens with one attached hydrogen (secondary N) is 1. The summed E-state index contributed by atoms with van der Waals surface area (Å²) in [7, 11) is 0. The van der Waals surface area contributed by atoms with Gasteiger partial charge in [-0.05, 0) is 37.1 Å². The van der Waals surface area contributed by atoms with Gasteiger partial charge in [0.05, 0.1) is 17.6 Å². The molecule has 0 radical (unpaired) electrons. The highest BCUT2D eigenvalue weighted by Gasteiger charge is 2.12. The van der Waals surface area contributed by atoms with Gasteiger partial charge in [-0.25, -0.2) is 4.98 Å². The third-order valence-electron chi connectivity index (χ3n) is 4.88. The van der Waals surface area contributed by atoms with Crippen LogP contribution in [0.1, 0.15) is 30.8 Å². The quantitative estimate of drug-likeness (QED) is 0.642. The Balaban J connectivity index is 1.72. The molecule has 148 valence electrons. The molecule has 0 saturated heterocycles. The van der Waals surface area contributed by atoms with Gasteiger partial charge in [-0.3, -0.25) is 4.79 Å². The van der Waals surface area contributed by atoms with Crippen LogP contribution in [0.4, 0.5) is 0 Å². The number of fused-ring (bicyclic) bond motifs is 1. The van der Waals surface area contributed by atoms with E-state index in [1.807, 2.05) is 38.1 Å². The minimum atomic E-state index is -0.00966. The molecular weight excluding hydrogens is 350 g/mol. The van der Waals surface area contributed by atoms with Crippen LogP contribution in [-0.4, -0.2) is 28.6 Å². The number of ether oxygens (including phenoxy) is 1. The fraction of sp³-hybridized carbons (Fsp3) is 0.391. The number of carbonyl (C=O) groups is 1. The Morgan fingerprint density at radius 1 is 1.11 bits per heavy atom. The van der Waals surface area contributed by atoms with Gasteiger partial charge < -0.3 is 14.6 Å². The van der Waals surface area contributed by atoms with Crippen LogP contribution in [0.2, 0.25) is 0 Å². The number of nitrogens with zero attached hydrogens (tertiary/aromatic N) is 2. The standard InChI is InChI=1S/C23H29N3O2/c1-16(2)23(27)24-13-12-21-25-19-10-5-6-11-20(19)26(21)14-15-28-22-17(3)8-7-9-18(22)4/h5-11,16H,12-15H2,1-4H3,(H,24,27). The molecule has 3 rings (SSSR count). The van der Waals surface area contributed by atoms with Crippen molar-refractivity contribution in [2.45, 2.75) is 40.7 Å². The van der Waals surface area contributed by atoms with E-state index in [2.05, 4.69) is 41.9 Å². The van der Waals surface area contributed by atoms with Crippen LogP contribution in [0.5, 0.6) is 5.75 Å². The normalized spacial score (nSPS) is 11.2. The van der Waals surface area contributed by atoms with E-state index in [4.69, 9.17) is 9.72 Å². The lowest BCUT2D eigenvalue weighted by atomic mass is 10.1. The summed E-state index contributed by atoms with van der Waals surface area (Å²) in [4.78, 5) is 16.6. The van der Waals surface area contributed by atoms with E-state index in [1.54, 1.807) is 0 Å². The smallest absolute Gasteiger partial charge is 0.222 e. The summed E-state index contributed by atoms with van der Waals surface area (Å²) in [6.45, 7) is 9.79. The van der Waals surface area contributed by atoms with Crippen molar-refractivity contribution in [2.24, 2.45) is 5.92 Å². The molecule has 0 fully saturated rings. The molecule has 3 aromatic rings. The number of aryl methyl sites for hydroxylation is 2. The van der Waals surface area contributed by atoms with Gasteiger partial charge in [0.15, 0.2) is 0 Å². The van der Waals surface area contributed by atoms with Gasteiger partial charge in [0, 0.05) is 18.9 Å². The van der Waals surface area contributed by atoms with Gasteiger partial charge >= 0.3 is 0 Å². The predicted molar refractivity (Wildman–Crippen MR) is 113 cm³/mol. The zero-order chi connectivity index (χ0) is 20.1. The van der Waals surface area contributed by atoms with Gasteiger partial charge in [0.2, 0.25) is 5.91 Å². The highest BCUT2D eigenvalue weighted by Crippen LogP contribution is 2.23. The number of hydrogen-bond acceptors (Lipinski definition) is 3. The Kier molecular flexibility index (Phi) is 6.34. The summed E-state index contributed by atoms with van der Waals surface area (Å²) in [6, 6.07) is 14.3. The molecule has 0 aliphatic rings. The second-order valence-corrected chi connectivity index (χ2v) is 7.43. The highest BCUT2D eigenvalue weighted by molar-refractivity contribution is 5.78. The van der Waals surface area contributed by atoms with Gasteiger partial charge in [0.1, 0.15) is 18.2 Å². The van der Waals surface area contributed by atoms with E-state index in [-0.39, 0.29) is 11.8 Å². The van der Waals surface area contributed by atoms with Crippen LogP contribution >= 0.6 is 0 Å². The highest BCUT2D eigenvalue weighted by atomic mass is 16.5. The summed E-state index contributed by atoms with van der Waals surface area (Å²) in [6.07, 6.45) is 0.691. The van der Waals surface area contributed by atoms with E-state index in [1.165, 1.54) is 0 Å². The van der Waals surface area contributed by atoms with Crippen molar-refractivity contribution in [1.29, 1.82) is 0 Å². The molecule has 0 saturated carbocycles. The van der Waals surface area contributed by atoms with Crippen molar-refractivity contribution >= 4 is 16.9 Å². The van der Waals surface area contributed by atoms with Crippen molar-refractivity contribution < 1.29 is 9.53 Å². The molecule has 5 nitrogen and oxygen atoms in total. The van der Waals surface area contributed by atoms with Crippen molar-refractivity contribution in [3.05, 3.63) is 59.4 Å². The molecule has 0 aliphatic heterocycles. The van der Waals surface area contributed by atoms with E-state index < -0.39 is 0 Å². The van der Waals surface area contributed by atoms with E-state index in [0.29, 0.717) is 26.1 Å². The maximum atomic E-state index is 11.8. The van der Waals surface area contributed by atoms with Crippen molar-refractivity contribution in [1.82, 2.24) is 14.9 Å². The lowest BCUT2D eigenvalue weighted by molar-refractivity contribution is -0.123. The predicted octanol–water partition coefficient (Wildman–Crippen LogP) is 4.05. The van der Waals surface area contributed by atoms with E-state index >= 15 is 0 Å². The first-order chi connectivity index (χ1) is 13.5. The summed E-state index contributed by atoms with van der Waals surface area (Å²) < 4.78 is 8.30. The Morgan fingerprint density at radius 2 is 1.82 bits per heavy atom. The fourth-order valence-corrected chi connectivity index (χ4v) is 3.33. The largest absolute Gasteiger partial charge is 0.491 e. The lowest BCUT2D eigenvalue weighted by Gasteiger charge is -2.14. The number of carbonyl (C=O) groups excluding carboxylic acids is 1. The Bertz CT molecular complexity index is 939. The minimum Gasteiger partial charge on any atom is -0.491 e. The molecule has 2 aromatic carbocycles. The molecule has 5 heteroatoms. The maximum Gasteiger partial charge on any atom is 0.222 e. The number of imidazole rings is 1. The average molecular weight is 380 g/mol. The van der Waals surface area contributed by atoms with Crippen molar-refractivity contribution in [2.75, 3.05) is 13.2 Å². The van der Waals surface area contributed by atoms with Crippen LogP contribution in [0.15, 0.2) is 42.5 Å². The van der Waals surface area contributed by atoms with Crippen LogP contribution in [0.3, 0.4) is 0 Å². The molecule has 0 bridgehead atoms. The van der Waals surface area contributed by atoms with Crippen LogP contribution in [0, 0.1) is 19.8 Å². The van der Waals surface area contributed by atoms with Gasteiger partial charge in [-0.1, -0.05) is 44.2 Å². The Hall–Kier alpha value is -2.82. The molecule has 0 unspecified atom stereocenters. The van der Waals surface area contributed by atoms with Crippen LogP contribution in [-0.2, 0) is 17.8 Å². The first-order valence-corrected chi connectivity index (χ1v) is 9.88. The second kappa shape index (κ2) is 8.91. The number of para-hydroxylation sites is 3. The van der Waals surface area contributed by atoms with Crippen molar-refractivity contribution in [3.63, 3.8) is 0 Å². The fourth-order valence-electron chi connectivity index (χ4n) is 3.33. The molecule has 1 amide bonds. The molecule has 0 aliphatic carbocycles. The zero-order valence-corrected chi connectivity index (χ0v) is 17.2. The molecule has 1 aromatic heterocycles. The molecule has 1 heterocycles. The monoisotopic (exact) mass is 379 g/mol. The SMILES string of the molecule is Cc1cccc(C)c1OCCn1c(CCNC(=O)C(C)C)nc2ccccc21. The molecule has 0 atom stereocenters. The van der Waals surface area contributed by atoms with Gasteiger partial charge in [0.25, 0.3) is 0 Å². The first-order valence-electron chi connectivity index (χ1n) is 9.88. The topological polar surface area (TPSA) is 56.1 Å². The number of hydrogen-bond donors (Lipinski definition) is 1. The lowest BCUT2D eigenvalue weighted by Crippen LogP contribution is -2.30. The molecular formula is C23H29N3O2. The Labute approximate surface area is 166 Å². The summed E-state index contributed by atoms with van der Waals surface area (Å²) in [5.41, 5.74) is 4.36.